The lowest BCUT2D eigenvalue weighted by molar-refractivity contribution is 0.370. The minimum absolute atomic E-state index is 0. The van der Waals surface area contributed by atoms with Crippen LogP contribution in [0.25, 0.3) is 0 Å². The van der Waals surface area contributed by atoms with Gasteiger partial charge in [0, 0.05) is 19.6 Å². The van der Waals surface area contributed by atoms with E-state index >= 15 is 0 Å². The quantitative estimate of drug-likeness (QED) is 0.169. The van der Waals surface area contributed by atoms with Gasteiger partial charge in [-0.2, -0.15) is 11.8 Å². The molecule has 0 spiro atoms. The van der Waals surface area contributed by atoms with Gasteiger partial charge in [-0.25, -0.2) is 0 Å². The van der Waals surface area contributed by atoms with Crippen LogP contribution in [0, 0.1) is 12.3 Å². The summed E-state index contributed by atoms with van der Waals surface area (Å²) >= 11 is 1.89. The van der Waals surface area contributed by atoms with Crippen LogP contribution in [0.15, 0.2) is 29.3 Å². The van der Waals surface area contributed by atoms with Crippen LogP contribution in [0.2, 0.25) is 0 Å². The number of aliphatic imine (C=N–C) groups is 1. The number of unbranched alkanes of at least 4 members (excludes halogenated alkanes) is 1. The second-order valence-corrected chi connectivity index (χ2v) is 6.26. The van der Waals surface area contributed by atoms with Gasteiger partial charge >= 0.3 is 0 Å². The lowest BCUT2D eigenvalue weighted by atomic mass is 10.1. The molecule has 0 atom stereocenters. The lowest BCUT2D eigenvalue weighted by Crippen LogP contribution is -2.38. The Bertz CT molecular complexity index is 514. The zero-order valence-corrected chi connectivity index (χ0v) is 18.4. The minimum Gasteiger partial charge on any atom is -0.481 e. The molecule has 0 unspecified atom stereocenters. The number of nitrogens with zero attached hydrogens (tertiary/aromatic N) is 1. The number of halogens is 1. The summed E-state index contributed by atoms with van der Waals surface area (Å²) in [5.74, 6) is 5.38. The van der Waals surface area contributed by atoms with E-state index in [9.17, 15) is 0 Å². The van der Waals surface area contributed by atoms with E-state index in [0.29, 0.717) is 6.61 Å². The fourth-order valence-corrected chi connectivity index (χ4v) is 2.59. The summed E-state index contributed by atoms with van der Waals surface area (Å²) in [6.45, 7) is 4.98. The Morgan fingerprint density at radius 2 is 2.00 bits per heavy atom. The fourth-order valence-electron chi connectivity index (χ4n) is 2.09. The van der Waals surface area contributed by atoms with Crippen LogP contribution in [0.5, 0.6) is 5.75 Å². The summed E-state index contributed by atoms with van der Waals surface area (Å²) < 4.78 is 5.37. The average molecular weight is 475 g/mol. The highest BCUT2D eigenvalue weighted by molar-refractivity contribution is 14.0. The third kappa shape index (κ3) is 12.0. The predicted octanol–water partition coefficient (Wildman–Crippen LogP) is 3.56. The molecular formula is C19H30IN3OS. The number of thioether (sulfide) groups is 1. The zero-order valence-electron chi connectivity index (χ0n) is 15.2. The summed E-state index contributed by atoms with van der Waals surface area (Å²) in [5.41, 5.74) is 1.26. The largest absolute Gasteiger partial charge is 0.481 e. The van der Waals surface area contributed by atoms with Crippen molar-refractivity contribution in [2.45, 2.75) is 26.2 Å². The molecule has 0 aromatic heterocycles. The summed E-state index contributed by atoms with van der Waals surface area (Å²) in [6.07, 6.45) is 10.6. The highest BCUT2D eigenvalue weighted by Gasteiger charge is 1.99. The second-order valence-electron chi connectivity index (χ2n) is 5.27. The normalized spacial score (nSPS) is 10.5. The summed E-state index contributed by atoms with van der Waals surface area (Å²) in [5, 5.41) is 6.67. The van der Waals surface area contributed by atoms with Gasteiger partial charge in [-0.15, -0.1) is 30.4 Å². The van der Waals surface area contributed by atoms with E-state index < -0.39 is 0 Å². The average Bonchev–Trinajstić information content (AvgIpc) is 2.61. The lowest BCUT2D eigenvalue weighted by Gasteiger charge is -2.11. The number of guanidine groups is 1. The molecule has 0 radical (unpaired) electrons. The van der Waals surface area contributed by atoms with Crippen LogP contribution in [0.4, 0.5) is 0 Å². The van der Waals surface area contributed by atoms with E-state index in [0.717, 1.165) is 44.2 Å². The van der Waals surface area contributed by atoms with Crippen LogP contribution < -0.4 is 15.4 Å². The second kappa shape index (κ2) is 16.4. The molecule has 0 saturated carbocycles. The monoisotopic (exact) mass is 475 g/mol. The Morgan fingerprint density at radius 3 is 2.64 bits per heavy atom. The van der Waals surface area contributed by atoms with Gasteiger partial charge in [0.15, 0.2) is 5.96 Å². The molecule has 1 aromatic carbocycles. The van der Waals surface area contributed by atoms with Crippen molar-refractivity contribution in [2.24, 2.45) is 4.99 Å². The summed E-state index contributed by atoms with van der Waals surface area (Å²) in [7, 11) is 0. The topological polar surface area (TPSA) is 45.6 Å². The maximum atomic E-state index is 5.37. The summed E-state index contributed by atoms with van der Waals surface area (Å²) in [4.78, 5) is 4.61. The molecule has 0 aliphatic rings. The van der Waals surface area contributed by atoms with E-state index in [2.05, 4.69) is 46.9 Å². The number of hydrogen-bond acceptors (Lipinski definition) is 3. The number of rotatable bonds is 11. The molecule has 6 heteroatoms. The number of nitrogens with one attached hydrogen (secondary N) is 2. The van der Waals surface area contributed by atoms with E-state index in [1.165, 1.54) is 17.7 Å². The van der Waals surface area contributed by atoms with Gasteiger partial charge in [-0.05, 0) is 55.9 Å². The van der Waals surface area contributed by atoms with E-state index in [1.54, 1.807) is 0 Å². The Balaban J connectivity index is 0.00000576. The maximum Gasteiger partial charge on any atom is 0.191 e. The van der Waals surface area contributed by atoms with Crippen molar-refractivity contribution in [3.8, 4) is 18.1 Å². The highest BCUT2D eigenvalue weighted by Crippen LogP contribution is 2.12. The van der Waals surface area contributed by atoms with Gasteiger partial charge in [0.2, 0.25) is 0 Å². The van der Waals surface area contributed by atoms with Crippen molar-refractivity contribution in [3.05, 3.63) is 29.8 Å². The first-order valence-corrected chi connectivity index (χ1v) is 9.85. The molecule has 0 amide bonds. The van der Waals surface area contributed by atoms with Crippen LogP contribution in [0.3, 0.4) is 0 Å². The smallest absolute Gasteiger partial charge is 0.191 e. The minimum atomic E-state index is 0. The molecule has 0 aliphatic heterocycles. The molecule has 140 valence electrons. The Morgan fingerprint density at radius 1 is 1.24 bits per heavy atom. The third-order valence-electron chi connectivity index (χ3n) is 3.32. The Hall–Kier alpha value is -1.07. The first kappa shape index (κ1) is 23.9. The number of benzene rings is 1. The number of ether oxygens (including phenoxy) is 1. The first-order chi connectivity index (χ1) is 11.8. The van der Waals surface area contributed by atoms with Crippen LogP contribution in [-0.4, -0.2) is 44.2 Å². The first-order valence-electron chi connectivity index (χ1n) is 8.46. The molecule has 2 N–H and O–H groups in total. The molecule has 1 rings (SSSR count). The number of hydrogen-bond donors (Lipinski definition) is 2. The van der Waals surface area contributed by atoms with Gasteiger partial charge in [-0.1, -0.05) is 18.1 Å². The zero-order chi connectivity index (χ0) is 17.5. The third-order valence-corrected chi connectivity index (χ3v) is 4.02. The summed E-state index contributed by atoms with van der Waals surface area (Å²) in [6, 6.07) is 8.05. The Labute approximate surface area is 174 Å². The molecule has 0 aliphatic carbocycles. The van der Waals surface area contributed by atoms with Crippen molar-refractivity contribution in [1.29, 1.82) is 0 Å². The van der Waals surface area contributed by atoms with Gasteiger partial charge in [0.25, 0.3) is 0 Å². The van der Waals surface area contributed by atoms with Gasteiger partial charge in [-0.3, -0.25) is 4.99 Å². The van der Waals surface area contributed by atoms with Crippen molar-refractivity contribution >= 4 is 41.7 Å². The maximum absolute atomic E-state index is 5.37. The standard InChI is InChI=1S/C19H29N3OS.HI/c1-4-15-23-18-10-8-17(9-11-18)12-14-22-19(20-5-2)21-13-6-7-16-24-3;/h1,8-11H,5-7,12-16H2,2-3H3,(H2,20,21,22);1H. The van der Waals surface area contributed by atoms with E-state index in [1.807, 2.05) is 23.9 Å². The molecular weight excluding hydrogens is 445 g/mol. The van der Waals surface area contributed by atoms with Crippen LogP contribution in [0.1, 0.15) is 25.3 Å². The fraction of sp³-hybridized carbons (Fsp3) is 0.526. The molecule has 0 fully saturated rings. The molecule has 0 heterocycles. The molecule has 1 aromatic rings. The van der Waals surface area contributed by atoms with Crippen LogP contribution >= 0.6 is 35.7 Å². The van der Waals surface area contributed by atoms with E-state index in [4.69, 9.17) is 11.2 Å². The predicted molar refractivity (Wildman–Crippen MR) is 121 cm³/mol. The van der Waals surface area contributed by atoms with Crippen LogP contribution in [-0.2, 0) is 6.42 Å². The molecule has 25 heavy (non-hydrogen) atoms. The van der Waals surface area contributed by atoms with E-state index in [-0.39, 0.29) is 24.0 Å². The highest BCUT2D eigenvalue weighted by atomic mass is 127. The van der Waals surface area contributed by atoms with Crippen molar-refractivity contribution in [3.63, 3.8) is 0 Å². The molecule has 0 bridgehead atoms. The Kier molecular flexibility index (Phi) is 15.7. The molecule has 0 saturated heterocycles. The van der Waals surface area contributed by atoms with Gasteiger partial charge < -0.3 is 15.4 Å². The molecule has 4 nitrogen and oxygen atoms in total. The number of terminal acetylenes is 1. The van der Waals surface area contributed by atoms with Crippen molar-refractivity contribution < 1.29 is 4.74 Å². The van der Waals surface area contributed by atoms with Crippen molar-refractivity contribution in [1.82, 2.24) is 10.6 Å². The van der Waals surface area contributed by atoms with Crippen molar-refractivity contribution in [2.75, 3.05) is 38.2 Å². The SMILES string of the molecule is C#CCOc1ccc(CCNC(=NCCCCSC)NCC)cc1.I. The van der Waals surface area contributed by atoms with Gasteiger partial charge in [0.1, 0.15) is 12.4 Å². The van der Waals surface area contributed by atoms with Gasteiger partial charge in [0.05, 0.1) is 0 Å².